The number of pyridine rings is 2. The number of carboxylic acid groups (broad SMARTS) is 1. The first-order valence-electron chi connectivity index (χ1n) is 9.20. The first kappa shape index (κ1) is 21.1. The summed E-state index contributed by atoms with van der Waals surface area (Å²) >= 11 is 0. The molecule has 4 N–H and O–H groups in total. The molecule has 154 valence electrons. The fraction of sp³-hybridized carbons (Fsp3) is 0.333. The minimum Gasteiger partial charge on any atom is -0.477 e. The third-order valence-corrected chi connectivity index (χ3v) is 5.41. The Morgan fingerprint density at radius 1 is 1.38 bits per heavy atom. The Hall–Kier alpha value is -2.64. The highest BCUT2D eigenvalue weighted by molar-refractivity contribution is 5.89. The van der Waals surface area contributed by atoms with Crippen molar-refractivity contribution in [2.24, 2.45) is 5.73 Å². The van der Waals surface area contributed by atoms with Crippen LogP contribution in [0.15, 0.2) is 29.3 Å². The van der Waals surface area contributed by atoms with E-state index in [1.165, 1.54) is 6.07 Å². The van der Waals surface area contributed by atoms with Gasteiger partial charge in [-0.2, -0.15) is 0 Å². The van der Waals surface area contributed by atoms with Crippen LogP contribution in [-0.2, 0) is 5.54 Å². The number of H-pyrrole nitrogens is 1. The van der Waals surface area contributed by atoms with E-state index < -0.39 is 22.9 Å². The Morgan fingerprint density at radius 2 is 2.03 bits per heavy atom. The molecular formula is C21H23ClFN3O3. The normalized spacial score (nSPS) is 14.1. The van der Waals surface area contributed by atoms with Gasteiger partial charge in [0.05, 0.1) is 11.2 Å². The van der Waals surface area contributed by atoms with Gasteiger partial charge in [-0.1, -0.05) is 0 Å². The molecule has 0 radical (unpaired) electrons. The average molecular weight is 420 g/mol. The second-order valence-electron chi connectivity index (χ2n) is 8.08. The van der Waals surface area contributed by atoms with Crippen LogP contribution in [0.25, 0.3) is 16.8 Å². The van der Waals surface area contributed by atoms with E-state index in [-0.39, 0.29) is 23.9 Å². The highest BCUT2D eigenvalue weighted by Crippen LogP contribution is 2.44. The monoisotopic (exact) mass is 419 g/mol. The maximum Gasteiger partial charge on any atom is 0.341 e. The Morgan fingerprint density at radius 3 is 2.59 bits per heavy atom. The Balaban J connectivity index is 0.00000240. The van der Waals surface area contributed by atoms with Crippen molar-refractivity contribution in [3.63, 3.8) is 0 Å². The van der Waals surface area contributed by atoms with Gasteiger partial charge in [-0.05, 0) is 68.4 Å². The summed E-state index contributed by atoms with van der Waals surface area (Å²) in [5, 5.41) is 9.40. The Kier molecular flexibility index (Phi) is 5.09. The van der Waals surface area contributed by atoms with Gasteiger partial charge in [0.2, 0.25) is 0 Å². The van der Waals surface area contributed by atoms with Gasteiger partial charge in [0.25, 0.3) is 5.56 Å². The summed E-state index contributed by atoms with van der Waals surface area (Å²) in [6, 6.07) is 3.27. The molecular weight excluding hydrogens is 397 g/mol. The molecule has 8 heteroatoms. The number of halogens is 2. The van der Waals surface area contributed by atoms with E-state index in [4.69, 9.17) is 5.73 Å². The third-order valence-electron chi connectivity index (χ3n) is 5.41. The molecule has 3 aromatic heterocycles. The van der Waals surface area contributed by atoms with Crippen LogP contribution in [0.1, 0.15) is 59.7 Å². The molecule has 1 saturated carbocycles. The minimum atomic E-state index is -1.31. The Labute approximate surface area is 173 Å². The predicted octanol–water partition coefficient (Wildman–Crippen LogP) is 3.93. The molecule has 0 bridgehead atoms. The summed E-state index contributed by atoms with van der Waals surface area (Å²) in [6.07, 6.45) is 4.64. The summed E-state index contributed by atoms with van der Waals surface area (Å²) in [5.74, 6) is -1.73. The van der Waals surface area contributed by atoms with Crippen molar-refractivity contribution in [3.05, 3.63) is 63.0 Å². The number of nitrogens with zero attached hydrogens (tertiary/aromatic N) is 1. The molecule has 1 aliphatic carbocycles. The number of carbonyl (C=O) groups is 1. The number of nitrogens with two attached hydrogens (primary N) is 1. The summed E-state index contributed by atoms with van der Waals surface area (Å²) < 4.78 is 16.3. The molecule has 0 atom stereocenters. The van der Waals surface area contributed by atoms with Crippen LogP contribution in [0.5, 0.6) is 0 Å². The number of aromatic nitrogens is 2. The van der Waals surface area contributed by atoms with Crippen molar-refractivity contribution < 1.29 is 14.3 Å². The summed E-state index contributed by atoms with van der Waals surface area (Å²) in [5.41, 5.74) is 8.11. The van der Waals surface area contributed by atoms with Gasteiger partial charge in [0.15, 0.2) is 0 Å². The van der Waals surface area contributed by atoms with E-state index in [9.17, 15) is 14.7 Å². The number of rotatable bonds is 4. The molecule has 0 spiro atoms. The van der Waals surface area contributed by atoms with Crippen LogP contribution in [-0.4, -0.2) is 20.5 Å². The van der Waals surface area contributed by atoms with Gasteiger partial charge in [-0.3, -0.25) is 9.20 Å². The van der Waals surface area contributed by atoms with Crippen molar-refractivity contribution in [2.75, 3.05) is 0 Å². The van der Waals surface area contributed by atoms with E-state index in [0.717, 1.165) is 34.6 Å². The van der Waals surface area contributed by atoms with Crippen LogP contribution >= 0.6 is 12.4 Å². The van der Waals surface area contributed by atoms with E-state index in [2.05, 4.69) is 4.98 Å². The lowest BCUT2D eigenvalue weighted by Crippen LogP contribution is -2.29. The lowest BCUT2D eigenvalue weighted by atomic mass is 9.90. The molecule has 0 aliphatic heterocycles. The quantitative estimate of drug-likeness (QED) is 0.596. The first-order valence-corrected chi connectivity index (χ1v) is 9.20. The van der Waals surface area contributed by atoms with E-state index in [1.54, 1.807) is 13.1 Å². The lowest BCUT2D eigenvalue weighted by Gasteiger charge is -2.22. The van der Waals surface area contributed by atoms with Crippen molar-refractivity contribution in [1.82, 2.24) is 9.38 Å². The zero-order valence-electron chi connectivity index (χ0n) is 16.4. The number of fused-ring (bicyclic) bond motifs is 1. The van der Waals surface area contributed by atoms with Crippen LogP contribution in [0.4, 0.5) is 4.39 Å². The number of hydrogen-bond acceptors (Lipinski definition) is 3. The van der Waals surface area contributed by atoms with Crippen molar-refractivity contribution in [3.8, 4) is 11.3 Å². The zero-order chi connectivity index (χ0) is 20.4. The molecule has 1 aliphatic rings. The second kappa shape index (κ2) is 7.00. The average Bonchev–Trinajstić information content (AvgIpc) is 3.31. The predicted molar refractivity (Wildman–Crippen MR) is 112 cm³/mol. The van der Waals surface area contributed by atoms with Crippen molar-refractivity contribution in [2.45, 2.75) is 45.1 Å². The SMILES string of the molecule is Cc1c(-c2[nH]ccc2C(C)(C)N)c(F)cn2c(=O)c(C(=O)O)cc(C3CC3)c12.Cl. The van der Waals surface area contributed by atoms with E-state index in [0.29, 0.717) is 22.3 Å². The van der Waals surface area contributed by atoms with E-state index in [1.807, 2.05) is 19.9 Å². The molecule has 3 heterocycles. The smallest absolute Gasteiger partial charge is 0.341 e. The highest BCUT2D eigenvalue weighted by Gasteiger charge is 2.31. The molecule has 0 saturated heterocycles. The van der Waals surface area contributed by atoms with Crippen LogP contribution in [0.2, 0.25) is 0 Å². The molecule has 0 amide bonds. The molecule has 0 unspecified atom stereocenters. The maximum absolute atomic E-state index is 15.2. The molecule has 4 rings (SSSR count). The maximum atomic E-state index is 15.2. The summed E-state index contributed by atoms with van der Waals surface area (Å²) in [4.78, 5) is 27.3. The van der Waals surface area contributed by atoms with Crippen LogP contribution < -0.4 is 11.3 Å². The number of nitrogens with one attached hydrogen (secondary N) is 1. The van der Waals surface area contributed by atoms with Crippen LogP contribution in [0, 0.1) is 12.7 Å². The second-order valence-corrected chi connectivity index (χ2v) is 8.08. The van der Waals surface area contributed by atoms with Crippen LogP contribution in [0.3, 0.4) is 0 Å². The number of carboxylic acids is 1. The first-order chi connectivity index (χ1) is 13.1. The van der Waals surface area contributed by atoms with Crippen molar-refractivity contribution in [1.29, 1.82) is 0 Å². The van der Waals surface area contributed by atoms with Gasteiger partial charge in [-0.15, -0.1) is 12.4 Å². The number of aromatic carboxylic acids is 1. The Bertz CT molecular complexity index is 1190. The fourth-order valence-electron chi connectivity index (χ4n) is 3.93. The lowest BCUT2D eigenvalue weighted by molar-refractivity contribution is 0.0694. The molecule has 29 heavy (non-hydrogen) atoms. The number of aromatic amines is 1. The van der Waals surface area contributed by atoms with Gasteiger partial charge < -0.3 is 15.8 Å². The highest BCUT2D eigenvalue weighted by atomic mass is 35.5. The standard InChI is InChI=1S/C21H22FN3O3.ClH/c1-10-16(17-14(6-7-24-17)21(2,3)23)15(22)9-25-18(10)12(11-4-5-11)8-13(19(25)26)20(27)28;/h6-9,11,24H,4-5,23H2,1-3H3,(H,27,28);1H. The minimum absolute atomic E-state index is 0. The van der Waals surface area contributed by atoms with Gasteiger partial charge >= 0.3 is 5.97 Å². The number of aryl methyl sites for hydroxylation is 1. The molecule has 1 fully saturated rings. The van der Waals surface area contributed by atoms with Gasteiger partial charge in [-0.25, -0.2) is 9.18 Å². The zero-order valence-corrected chi connectivity index (χ0v) is 17.2. The topological polar surface area (TPSA) is 101 Å². The largest absolute Gasteiger partial charge is 0.477 e. The van der Waals surface area contributed by atoms with Gasteiger partial charge in [0, 0.05) is 23.5 Å². The number of hydrogen-bond donors (Lipinski definition) is 3. The molecule has 0 aromatic carbocycles. The van der Waals surface area contributed by atoms with Gasteiger partial charge in [0.1, 0.15) is 11.4 Å². The van der Waals surface area contributed by atoms with Crippen molar-refractivity contribution >= 4 is 23.9 Å². The molecule has 3 aromatic rings. The van der Waals surface area contributed by atoms with E-state index >= 15 is 4.39 Å². The summed E-state index contributed by atoms with van der Waals surface area (Å²) in [7, 11) is 0. The third kappa shape index (κ3) is 3.34. The fourth-order valence-corrected chi connectivity index (χ4v) is 3.93. The molecule has 6 nitrogen and oxygen atoms in total. The summed E-state index contributed by atoms with van der Waals surface area (Å²) in [6.45, 7) is 5.44.